The van der Waals surface area contributed by atoms with Crippen LogP contribution in [0.15, 0.2) is 84.4 Å². The summed E-state index contributed by atoms with van der Waals surface area (Å²) < 4.78 is 58.8. The highest BCUT2D eigenvalue weighted by molar-refractivity contribution is 9.10. The first-order chi connectivity index (χ1) is 16.1. The molecule has 1 atom stereocenters. The van der Waals surface area contributed by atoms with Crippen molar-refractivity contribution in [2.75, 3.05) is 18.4 Å². The number of anilines is 1. The highest BCUT2D eigenvalue weighted by Gasteiger charge is 2.29. The fraction of sp³-hybridized carbons (Fsp3) is 0.261. The average molecular weight is 567 g/mol. The van der Waals surface area contributed by atoms with E-state index in [4.69, 9.17) is 4.42 Å². The van der Waals surface area contributed by atoms with Crippen molar-refractivity contribution in [2.24, 2.45) is 5.92 Å². The van der Waals surface area contributed by atoms with Crippen LogP contribution in [0.4, 0.5) is 5.69 Å². The van der Waals surface area contributed by atoms with Gasteiger partial charge in [0.1, 0.15) is 0 Å². The van der Waals surface area contributed by atoms with Crippen LogP contribution in [0.1, 0.15) is 30.3 Å². The third-order valence-electron chi connectivity index (χ3n) is 5.56. The Morgan fingerprint density at radius 2 is 1.62 bits per heavy atom. The maximum atomic E-state index is 12.9. The Bertz CT molecular complexity index is 1400. The van der Waals surface area contributed by atoms with E-state index in [0.29, 0.717) is 24.7 Å². The van der Waals surface area contributed by atoms with Crippen LogP contribution in [0.2, 0.25) is 0 Å². The normalized spacial score (nSPS) is 17.4. The maximum absolute atomic E-state index is 12.9. The third kappa shape index (κ3) is 5.12. The molecular weight excluding hydrogens is 544 g/mol. The molecule has 11 heteroatoms. The highest BCUT2D eigenvalue weighted by Crippen LogP contribution is 2.26. The molecule has 2 aromatic carbocycles. The Kier molecular flexibility index (Phi) is 6.99. The quantitative estimate of drug-likeness (QED) is 0.468. The van der Waals surface area contributed by atoms with Crippen molar-refractivity contribution in [1.29, 1.82) is 0 Å². The molecule has 0 radical (unpaired) electrons. The van der Waals surface area contributed by atoms with Gasteiger partial charge in [-0.25, -0.2) is 16.8 Å². The second-order valence-electron chi connectivity index (χ2n) is 8.16. The zero-order chi connectivity index (χ0) is 24.5. The molecule has 1 N–H and O–H groups in total. The van der Waals surface area contributed by atoms with Crippen LogP contribution >= 0.6 is 15.9 Å². The molecule has 8 nitrogen and oxygen atoms in total. The molecule has 0 saturated carbocycles. The van der Waals surface area contributed by atoms with Gasteiger partial charge in [0.15, 0.2) is 5.76 Å². The van der Waals surface area contributed by atoms with E-state index < -0.39 is 25.8 Å². The minimum atomic E-state index is -3.92. The number of carbonyl (C=O) groups is 1. The number of amides is 1. The summed E-state index contributed by atoms with van der Waals surface area (Å²) in [4.78, 5) is 12.8. The van der Waals surface area contributed by atoms with E-state index in [2.05, 4.69) is 21.2 Å². The Hall–Kier alpha value is -2.47. The number of furan rings is 1. The Morgan fingerprint density at radius 1 is 0.971 bits per heavy atom. The van der Waals surface area contributed by atoms with Gasteiger partial charge in [0.2, 0.25) is 25.0 Å². The Labute approximate surface area is 207 Å². The van der Waals surface area contributed by atoms with E-state index in [0.717, 1.165) is 17.3 Å². The van der Waals surface area contributed by atoms with E-state index in [-0.39, 0.29) is 20.6 Å². The molecule has 0 unspecified atom stereocenters. The largest absolute Gasteiger partial charge is 0.439 e. The molecule has 1 amide bonds. The molecule has 34 heavy (non-hydrogen) atoms. The number of carbonyl (C=O) groups excluding carboxylic acids is 1. The predicted octanol–water partition coefficient (Wildman–Crippen LogP) is 4.55. The first kappa shape index (κ1) is 24.6. The molecule has 3 aromatic rings. The molecule has 1 aliphatic rings. The molecule has 180 valence electrons. The van der Waals surface area contributed by atoms with Crippen molar-refractivity contribution in [1.82, 2.24) is 4.31 Å². The standard InChI is InChI=1S/C23H23BrN2O6S2/c1-16-3-2-14-26(15-16)34(30,31)20-10-6-18(7-11-20)25-23(27)21-12-13-22(32-21)33(28,29)19-8-4-17(24)5-9-19/h4-13,16H,2-3,14-15H2,1H3,(H,25,27)/t16-/m1/s1. The van der Waals surface area contributed by atoms with Gasteiger partial charge in [-0.2, -0.15) is 4.31 Å². The number of hydrogen-bond donors (Lipinski definition) is 1. The lowest BCUT2D eigenvalue weighted by Gasteiger charge is -2.30. The summed E-state index contributed by atoms with van der Waals surface area (Å²) in [5.74, 6) is -0.528. The van der Waals surface area contributed by atoms with Gasteiger partial charge in [-0.1, -0.05) is 22.9 Å². The van der Waals surface area contributed by atoms with Crippen molar-refractivity contribution in [3.8, 4) is 0 Å². The predicted molar refractivity (Wildman–Crippen MR) is 130 cm³/mol. The van der Waals surface area contributed by atoms with Crippen LogP contribution in [0.3, 0.4) is 0 Å². The van der Waals surface area contributed by atoms with Crippen molar-refractivity contribution in [3.63, 3.8) is 0 Å². The number of piperidine rings is 1. The second-order valence-corrected chi connectivity index (χ2v) is 12.9. The molecule has 0 spiro atoms. The molecule has 0 aliphatic carbocycles. The van der Waals surface area contributed by atoms with E-state index in [9.17, 15) is 21.6 Å². The monoisotopic (exact) mass is 566 g/mol. The zero-order valence-electron chi connectivity index (χ0n) is 18.3. The number of nitrogens with one attached hydrogen (secondary N) is 1. The lowest BCUT2D eigenvalue weighted by atomic mass is 10.0. The van der Waals surface area contributed by atoms with Crippen LogP contribution in [-0.4, -0.2) is 40.1 Å². The van der Waals surface area contributed by atoms with Crippen molar-refractivity contribution < 1.29 is 26.0 Å². The van der Waals surface area contributed by atoms with Crippen LogP contribution in [-0.2, 0) is 19.9 Å². The first-order valence-corrected chi connectivity index (χ1v) is 14.3. The highest BCUT2D eigenvalue weighted by atomic mass is 79.9. The van der Waals surface area contributed by atoms with Crippen LogP contribution in [0.25, 0.3) is 0 Å². The minimum absolute atomic E-state index is 0.0388. The molecule has 1 aliphatic heterocycles. The number of halogens is 1. The van der Waals surface area contributed by atoms with Gasteiger partial charge < -0.3 is 9.73 Å². The fourth-order valence-corrected chi connectivity index (χ4v) is 6.77. The van der Waals surface area contributed by atoms with Gasteiger partial charge in [-0.05, 0) is 79.4 Å². The van der Waals surface area contributed by atoms with Crippen LogP contribution in [0, 0.1) is 5.92 Å². The molecule has 0 bridgehead atoms. The van der Waals surface area contributed by atoms with E-state index in [1.54, 1.807) is 12.1 Å². The topological polar surface area (TPSA) is 114 Å². The summed E-state index contributed by atoms with van der Waals surface area (Å²) in [6.07, 6.45) is 1.84. The van der Waals surface area contributed by atoms with Gasteiger partial charge >= 0.3 is 0 Å². The fourth-order valence-electron chi connectivity index (χ4n) is 3.73. The van der Waals surface area contributed by atoms with E-state index >= 15 is 0 Å². The van der Waals surface area contributed by atoms with Gasteiger partial charge in [0, 0.05) is 23.2 Å². The summed E-state index contributed by atoms with van der Waals surface area (Å²) in [5, 5.41) is 2.24. The van der Waals surface area contributed by atoms with E-state index in [1.165, 1.54) is 52.8 Å². The number of sulfone groups is 1. The summed E-state index contributed by atoms with van der Waals surface area (Å²) in [6.45, 7) is 3.02. The smallest absolute Gasteiger partial charge is 0.291 e. The van der Waals surface area contributed by atoms with Crippen LogP contribution < -0.4 is 5.32 Å². The lowest BCUT2D eigenvalue weighted by Crippen LogP contribution is -2.39. The Balaban J connectivity index is 1.46. The van der Waals surface area contributed by atoms with E-state index in [1.807, 2.05) is 6.92 Å². The van der Waals surface area contributed by atoms with Gasteiger partial charge in [-0.3, -0.25) is 4.79 Å². The number of sulfonamides is 1. The van der Waals surface area contributed by atoms with Gasteiger partial charge in [0.05, 0.1) is 9.79 Å². The molecule has 1 aromatic heterocycles. The first-order valence-electron chi connectivity index (χ1n) is 10.6. The molecule has 1 fully saturated rings. The van der Waals surface area contributed by atoms with Crippen LogP contribution in [0.5, 0.6) is 0 Å². The van der Waals surface area contributed by atoms with Gasteiger partial charge in [0.25, 0.3) is 5.91 Å². The zero-order valence-corrected chi connectivity index (χ0v) is 21.5. The summed E-state index contributed by atoms with van der Waals surface area (Å²) in [6, 6.07) is 14.4. The van der Waals surface area contributed by atoms with Gasteiger partial charge in [-0.15, -0.1) is 0 Å². The summed E-state index contributed by atoms with van der Waals surface area (Å²) in [7, 11) is -7.52. The SMILES string of the molecule is C[C@@H]1CCCN(S(=O)(=O)c2ccc(NC(=O)c3ccc(S(=O)(=O)c4ccc(Br)cc4)o3)cc2)C1. The number of benzene rings is 2. The molecule has 1 saturated heterocycles. The summed E-state index contributed by atoms with van der Waals surface area (Å²) >= 11 is 3.25. The number of rotatable bonds is 6. The third-order valence-corrected chi connectivity index (χ3v) is 9.61. The molecule has 4 rings (SSSR count). The summed E-state index contributed by atoms with van der Waals surface area (Å²) in [5.41, 5.74) is 0.352. The number of nitrogens with zero attached hydrogens (tertiary/aromatic N) is 1. The van der Waals surface area contributed by atoms with Crippen molar-refractivity contribution in [2.45, 2.75) is 34.6 Å². The minimum Gasteiger partial charge on any atom is -0.439 e. The molecular formula is C23H23BrN2O6S2. The average Bonchev–Trinajstić information content (AvgIpc) is 3.31. The second kappa shape index (κ2) is 9.65. The molecule has 2 heterocycles. The van der Waals surface area contributed by atoms with Crippen molar-refractivity contribution in [3.05, 3.63) is 70.9 Å². The number of hydrogen-bond acceptors (Lipinski definition) is 6. The van der Waals surface area contributed by atoms with Crippen molar-refractivity contribution >= 4 is 47.4 Å². The lowest BCUT2D eigenvalue weighted by molar-refractivity contribution is 0.0991. The maximum Gasteiger partial charge on any atom is 0.291 e. The Morgan fingerprint density at radius 3 is 2.26 bits per heavy atom.